The number of nitrogens with one attached hydrogen (secondary N) is 2. The molecule has 0 aliphatic carbocycles. The topological polar surface area (TPSA) is 95.6 Å². The summed E-state index contributed by atoms with van der Waals surface area (Å²) in [5, 5.41) is 6.01. The van der Waals surface area contributed by atoms with E-state index >= 15 is 0 Å². The first-order valence-electron chi connectivity index (χ1n) is 8.63. The number of benzene rings is 2. The van der Waals surface area contributed by atoms with Gasteiger partial charge in [-0.3, -0.25) is 9.59 Å². The molecule has 0 heterocycles. The molecule has 0 radical (unpaired) electrons. The van der Waals surface area contributed by atoms with Crippen LogP contribution >= 0.6 is 23.2 Å². The number of anilines is 1. The largest absolute Gasteiger partial charge is 0.350 e. The van der Waals surface area contributed by atoms with Gasteiger partial charge in [0.15, 0.2) is 0 Å². The van der Waals surface area contributed by atoms with E-state index in [1.807, 2.05) is 13.8 Å². The highest BCUT2D eigenvalue weighted by molar-refractivity contribution is 7.89. The van der Waals surface area contributed by atoms with Gasteiger partial charge in [0.05, 0.1) is 22.7 Å². The molecule has 156 valence electrons. The van der Waals surface area contributed by atoms with Crippen molar-refractivity contribution in [1.29, 1.82) is 0 Å². The van der Waals surface area contributed by atoms with Gasteiger partial charge in [0.2, 0.25) is 15.9 Å². The summed E-state index contributed by atoms with van der Waals surface area (Å²) >= 11 is 11.8. The Labute approximate surface area is 180 Å². The SMILES string of the molecule is CC(C)NC(=O)c1ccc(Cl)cc1NC(=O)CN(C)S(=O)(=O)c1ccc(Cl)cc1. The quantitative estimate of drug-likeness (QED) is 0.665. The van der Waals surface area contributed by atoms with Crippen LogP contribution in [-0.2, 0) is 14.8 Å². The summed E-state index contributed by atoms with van der Waals surface area (Å²) in [5.41, 5.74) is 0.414. The van der Waals surface area contributed by atoms with Gasteiger partial charge in [-0.1, -0.05) is 23.2 Å². The summed E-state index contributed by atoms with van der Waals surface area (Å²) in [6.45, 7) is 3.16. The summed E-state index contributed by atoms with van der Waals surface area (Å²) in [7, 11) is -2.60. The van der Waals surface area contributed by atoms with Crippen molar-refractivity contribution in [1.82, 2.24) is 9.62 Å². The summed E-state index contributed by atoms with van der Waals surface area (Å²) in [6.07, 6.45) is 0. The number of halogens is 2. The Balaban J connectivity index is 2.17. The molecule has 2 aromatic carbocycles. The molecule has 0 bridgehead atoms. The average molecular weight is 458 g/mol. The van der Waals surface area contributed by atoms with Crippen LogP contribution in [-0.4, -0.2) is 44.2 Å². The Morgan fingerprint density at radius 1 is 1.03 bits per heavy atom. The Bertz CT molecular complexity index is 1010. The number of nitrogens with zero attached hydrogens (tertiary/aromatic N) is 1. The number of hydrogen-bond acceptors (Lipinski definition) is 4. The van der Waals surface area contributed by atoms with E-state index in [-0.39, 0.29) is 28.1 Å². The Kier molecular flexibility index (Phi) is 7.65. The van der Waals surface area contributed by atoms with Gasteiger partial charge in [0.1, 0.15) is 0 Å². The molecule has 0 saturated heterocycles. The van der Waals surface area contributed by atoms with E-state index in [0.29, 0.717) is 10.0 Å². The first-order chi connectivity index (χ1) is 13.5. The molecule has 0 unspecified atom stereocenters. The number of sulfonamides is 1. The van der Waals surface area contributed by atoms with Crippen LogP contribution in [0.1, 0.15) is 24.2 Å². The third-order valence-corrected chi connectivity index (χ3v) is 6.11. The van der Waals surface area contributed by atoms with E-state index < -0.39 is 22.5 Å². The van der Waals surface area contributed by atoms with Gasteiger partial charge in [-0.25, -0.2) is 8.42 Å². The number of carbonyl (C=O) groups is 2. The predicted octanol–water partition coefficient (Wildman–Crippen LogP) is 3.39. The van der Waals surface area contributed by atoms with Crippen LogP contribution in [0.4, 0.5) is 5.69 Å². The van der Waals surface area contributed by atoms with Crippen LogP contribution in [0.3, 0.4) is 0 Å². The third-order valence-electron chi connectivity index (χ3n) is 3.81. The van der Waals surface area contributed by atoms with Gasteiger partial charge in [0.25, 0.3) is 5.91 Å². The normalized spacial score (nSPS) is 11.6. The highest BCUT2D eigenvalue weighted by Gasteiger charge is 2.24. The van der Waals surface area contributed by atoms with Gasteiger partial charge in [0, 0.05) is 23.1 Å². The number of likely N-dealkylation sites (N-methyl/N-ethyl adjacent to an activating group) is 1. The minimum Gasteiger partial charge on any atom is -0.350 e. The second-order valence-electron chi connectivity index (χ2n) is 6.58. The third kappa shape index (κ3) is 6.17. The molecule has 0 aliphatic heterocycles. The molecular weight excluding hydrogens is 437 g/mol. The van der Waals surface area contributed by atoms with Gasteiger partial charge in [-0.05, 0) is 56.3 Å². The molecule has 0 atom stereocenters. The van der Waals surface area contributed by atoms with Gasteiger partial charge in [-0.2, -0.15) is 4.31 Å². The summed E-state index contributed by atoms with van der Waals surface area (Å²) in [6, 6.07) is 9.98. The molecule has 0 aliphatic rings. The van der Waals surface area contributed by atoms with Gasteiger partial charge in [-0.15, -0.1) is 0 Å². The first-order valence-corrected chi connectivity index (χ1v) is 10.8. The fourth-order valence-corrected chi connectivity index (χ4v) is 3.85. The number of amides is 2. The van der Waals surface area contributed by atoms with Crippen LogP contribution in [0.15, 0.2) is 47.4 Å². The zero-order valence-corrected chi connectivity index (χ0v) is 18.4. The molecule has 7 nitrogen and oxygen atoms in total. The maximum atomic E-state index is 12.6. The molecule has 0 aromatic heterocycles. The molecule has 2 amide bonds. The van der Waals surface area contributed by atoms with Crippen LogP contribution in [0.2, 0.25) is 10.0 Å². The van der Waals surface area contributed by atoms with Crippen molar-refractivity contribution in [2.45, 2.75) is 24.8 Å². The van der Waals surface area contributed by atoms with Gasteiger partial charge >= 0.3 is 0 Å². The highest BCUT2D eigenvalue weighted by Crippen LogP contribution is 2.22. The smallest absolute Gasteiger partial charge is 0.253 e. The fraction of sp³-hybridized carbons (Fsp3) is 0.263. The van der Waals surface area contributed by atoms with Crippen molar-refractivity contribution in [2.24, 2.45) is 0 Å². The van der Waals surface area contributed by atoms with E-state index in [1.165, 1.54) is 49.5 Å². The lowest BCUT2D eigenvalue weighted by Gasteiger charge is -2.18. The first kappa shape index (κ1) is 23.2. The van der Waals surface area contributed by atoms with Crippen molar-refractivity contribution in [3.8, 4) is 0 Å². The van der Waals surface area contributed by atoms with E-state index in [1.54, 1.807) is 0 Å². The number of rotatable bonds is 7. The Morgan fingerprint density at radius 3 is 2.21 bits per heavy atom. The van der Waals surface area contributed by atoms with E-state index in [0.717, 1.165) is 4.31 Å². The maximum absolute atomic E-state index is 12.6. The van der Waals surface area contributed by atoms with Crippen molar-refractivity contribution < 1.29 is 18.0 Å². The molecule has 0 spiro atoms. The molecule has 2 rings (SSSR count). The second kappa shape index (κ2) is 9.58. The molecule has 10 heteroatoms. The lowest BCUT2D eigenvalue weighted by Crippen LogP contribution is -2.35. The highest BCUT2D eigenvalue weighted by atomic mass is 35.5. The van der Waals surface area contributed by atoms with Gasteiger partial charge < -0.3 is 10.6 Å². The Morgan fingerprint density at radius 2 is 1.62 bits per heavy atom. The molecule has 2 N–H and O–H groups in total. The van der Waals surface area contributed by atoms with Crippen molar-refractivity contribution in [3.63, 3.8) is 0 Å². The zero-order valence-electron chi connectivity index (χ0n) is 16.1. The molecule has 0 saturated carbocycles. The minimum absolute atomic E-state index is 0.0111. The number of carbonyl (C=O) groups excluding carboxylic acids is 2. The van der Waals surface area contributed by atoms with Crippen molar-refractivity contribution in [3.05, 3.63) is 58.1 Å². The fourth-order valence-electron chi connectivity index (χ4n) is 2.42. The molecule has 2 aromatic rings. The van der Waals surface area contributed by atoms with Crippen molar-refractivity contribution >= 4 is 50.7 Å². The standard InChI is InChI=1S/C19H21Cl2N3O4S/c1-12(2)22-19(26)16-9-6-14(21)10-17(16)23-18(25)11-24(3)29(27,28)15-7-4-13(20)5-8-15/h4-10,12H,11H2,1-3H3,(H,22,26)(H,23,25). The lowest BCUT2D eigenvalue weighted by molar-refractivity contribution is -0.116. The lowest BCUT2D eigenvalue weighted by atomic mass is 10.1. The van der Waals surface area contributed by atoms with Crippen LogP contribution < -0.4 is 10.6 Å². The maximum Gasteiger partial charge on any atom is 0.253 e. The molecule has 29 heavy (non-hydrogen) atoms. The van der Waals surface area contributed by atoms with Crippen LogP contribution in [0.25, 0.3) is 0 Å². The predicted molar refractivity (Wildman–Crippen MR) is 114 cm³/mol. The van der Waals surface area contributed by atoms with Crippen LogP contribution in [0.5, 0.6) is 0 Å². The van der Waals surface area contributed by atoms with E-state index in [9.17, 15) is 18.0 Å². The van der Waals surface area contributed by atoms with E-state index in [2.05, 4.69) is 10.6 Å². The summed E-state index contributed by atoms with van der Waals surface area (Å²) in [4.78, 5) is 24.8. The van der Waals surface area contributed by atoms with Crippen molar-refractivity contribution in [2.75, 3.05) is 18.9 Å². The minimum atomic E-state index is -3.89. The zero-order chi connectivity index (χ0) is 21.8. The second-order valence-corrected chi connectivity index (χ2v) is 9.50. The monoisotopic (exact) mass is 457 g/mol. The average Bonchev–Trinajstić information content (AvgIpc) is 2.61. The Hall–Kier alpha value is -2.13. The summed E-state index contributed by atoms with van der Waals surface area (Å²) in [5.74, 6) is -1.000. The van der Waals surface area contributed by atoms with E-state index in [4.69, 9.17) is 23.2 Å². The number of hydrogen-bond donors (Lipinski definition) is 2. The van der Waals surface area contributed by atoms with Crippen LogP contribution in [0, 0.1) is 0 Å². The summed E-state index contributed by atoms with van der Waals surface area (Å²) < 4.78 is 26.1. The molecule has 0 fully saturated rings. The molecular formula is C19H21Cl2N3O4S.